The molecule has 0 aliphatic rings. The molecule has 0 bridgehead atoms. The molecule has 0 aliphatic carbocycles. The third kappa shape index (κ3) is 8.48. The van der Waals surface area contributed by atoms with Crippen molar-refractivity contribution in [3.63, 3.8) is 0 Å². The highest BCUT2D eigenvalue weighted by molar-refractivity contribution is 5.90. The minimum atomic E-state index is -0.698. The Morgan fingerprint density at radius 2 is 1.26 bits per heavy atom. The average molecular weight is 462 g/mol. The second-order valence-corrected chi connectivity index (χ2v) is 7.61. The molecule has 3 aromatic carbocycles. The molecule has 0 heterocycles. The van der Waals surface area contributed by atoms with Gasteiger partial charge in [0.1, 0.15) is 17.9 Å². The van der Waals surface area contributed by atoms with Crippen LogP contribution in [0.15, 0.2) is 108 Å². The molecule has 0 saturated heterocycles. The van der Waals surface area contributed by atoms with E-state index in [0.717, 1.165) is 16.7 Å². The molecule has 0 fully saturated rings. The Labute approximate surface area is 201 Å². The zero-order valence-electron chi connectivity index (χ0n) is 19.3. The van der Waals surface area contributed by atoms with Gasteiger partial charge in [-0.25, -0.2) is 0 Å². The first-order chi connectivity index (χ1) is 16.8. The maximum atomic E-state index is 9.87. The topological polar surface area (TPSA) is 69.5 Å². The van der Waals surface area contributed by atoms with E-state index in [1.807, 2.05) is 91.0 Å². The second-order valence-electron chi connectivity index (χ2n) is 7.61. The molecule has 0 amide bonds. The number of nitrogens with zero attached hydrogens (tertiary/aromatic N) is 1. The molecule has 0 radical (unpaired) electrons. The van der Waals surface area contributed by atoms with Crippen LogP contribution in [0, 0.1) is 0 Å². The fourth-order valence-corrected chi connectivity index (χ4v) is 3.32. The summed E-state index contributed by atoms with van der Waals surface area (Å²) in [6.07, 6.45) is 2.01. The number of oxime groups is 1. The predicted octanol–water partition coefficient (Wildman–Crippen LogP) is 5.36. The molecule has 3 rings (SSSR count). The van der Waals surface area contributed by atoms with Gasteiger partial charge in [-0.15, -0.1) is 0 Å². The van der Waals surface area contributed by atoms with E-state index in [0.29, 0.717) is 25.5 Å². The van der Waals surface area contributed by atoms with Crippen molar-refractivity contribution < 1.29 is 24.2 Å². The summed E-state index contributed by atoms with van der Waals surface area (Å²) in [6, 6.07) is 29.5. The summed E-state index contributed by atoms with van der Waals surface area (Å²) in [5.41, 5.74) is 3.36. The van der Waals surface area contributed by atoms with Crippen LogP contribution in [-0.2, 0) is 38.8 Å². The Bertz CT molecular complexity index is 993. The van der Waals surface area contributed by atoms with E-state index in [9.17, 15) is 5.21 Å². The maximum Gasteiger partial charge on any atom is 0.131 e. The molecule has 2 atom stereocenters. The monoisotopic (exact) mass is 461 g/mol. The molecule has 0 spiro atoms. The average Bonchev–Trinajstić information content (AvgIpc) is 2.90. The Kier molecular flexibility index (Phi) is 10.8. The molecular weight excluding hydrogens is 430 g/mol. The minimum Gasteiger partial charge on any atom is -0.505 e. The fourth-order valence-electron chi connectivity index (χ4n) is 3.32. The van der Waals surface area contributed by atoms with E-state index in [2.05, 4.69) is 5.16 Å². The molecule has 0 aromatic heterocycles. The summed E-state index contributed by atoms with van der Waals surface area (Å²) in [6.45, 7) is 1.13. The van der Waals surface area contributed by atoms with Crippen LogP contribution in [0.4, 0.5) is 0 Å². The van der Waals surface area contributed by atoms with Crippen molar-refractivity contribution in [2.75, 3.05) is 13.7 Å². The molecule has 178 valence electrons. The molecule has 0 unspecified atom stereocenters. The third-order valence-electron chi connectivity index (χ3n) is 5.08. The van der Waals surface area contributed by atoms with Gasteiger partial charge >= 0.3 is 0 Å². The summed E-state index contributed by atoms with van der Waals surface area (Å²) in [7, 11) is 1.56. The van der Waals surface area contributed by atoms with Crippen LogP contribution in [0.3, 0.4) is 0 Å². The van der Waals surface area contributed by atoms with E-state index in [4.69, 9.17) is 18.9 Å². The Morgan fingerprint density at radius 3 is 1.76 bits per heavy atom. The van der Waals surface area contributed by atoms with Gasteiger partial charge in [-0.05, 0) is 22.8 Å². The molecular formula is C28H31NO5. The van der Waals surface area contributed by atoms with Crippen LogP contribution < -0.4 is 0 Å². The van der Waals surface area contributed by atoms with Crippen LogP contribution in [0.25, 0.3) is 0 Å². The van der Waals surface area contributed by atoms with Crippen molar-refractivity contribution in [2.45, 2.75) is 32.0 Å². The third-order valence-corrected chi connectivity index (χ3v) is 5.08. The van der Waals surface area contributed by atoms with Gasteiger partial charge in [-0.1, -0.05) is 96.2 Å². The molecule has 6 heteroatoms. The van der Waals surface area contributed by atoms with Crippen molar-refractivity contribution in [3.8, 4) is 0 Å². The SMILES string of the molecule is CO/C=C\[C@@H](OCc1ccccc1)[C@@H](OCc1ccccc1)/C(COCc1ccccc1)=N\O. The van der Waals surface area contributed by atoms with Gasteiger partial charge in [-0.3, -0.25) is 0 Å². The Hall–Kier alpha value is -3.45. The lowest BCUT2D eigenvalue weighted by Crippen LogP contribution is -2.39. The van der Waals surface area contributed by atoms with Gasteiger partial charge < -0.3 is 24.2 Å². The van der Waals surface area contributed by atoms with Crippen LogP contribution >= 0.6 is 0 Å². The molecule has 3 aromatic rings. The van der Waals surface area contributed by atoms with E-state index < -0.39 is 12.2 Å². The van der Waals surface area contributed by atoms with Gasteiger partial charge in [0, 0.05) is 0 Å². The summed E-state index contributed by atoms with van der Waals surface area (Å²) in [5.74, 6) is 0. The van der Waals surface area contributed by atoms with E-state index >= 15 is 0 Å². The first kappa shape index (κ1) is 25.2. The van der Waals surface area contributed by atoms with Crippen LogP contribution in [0.1, 0.15) is 16.7 Å². The summed E-state index contributed by atoms with van der Waals surface area (Å²) in [5, 5.41) is 13.4. The predicted molar refractivity (Wildman–Crippen MR) is 132 cm³/mol. The highest BCUT2D eigenvalue weighted by Crippen LogP contribution is 2.16. The summed E-state index contributed by atoms with van der Waals surface area (Å²) in [4.78, 5) is 0. The zero-order chi connectivity index (χ0) is 23.8. The van der Waals surface area contributed by atoms with Gasteiger partial charge in [0.15, 0.2) is 0 Å². The highest BCUT2D eigenvalue weighted by Gasteiger charge is 2.28. The molecule has 0 saturated carbocycles. The van der Waals surface area contributed by atoms with Crippen molar-refractivity contribution >= 4 is 5.71 Å². The number of ether oxygens (including phenoxy) is 4. The lowest BCUT2D eigenvalue weighted by molar-refractivity contribution is -0.0380. The molecule has 0 aliphatic heterocycles. The van der Waals surface area contributed by atoms with Crippen molar-refractivity contribution in [2.24, 2.45) is 5.16 Å². The number of methoxy groups -OCH3 is 1. The lowest BCUT2D eigenvalue weighted by Gasteiger charge is -2.26. The lowest BCUT2D eigenvalue weighted by atomic mass is 10.1. The molecule has 6 nitrogen and oxygen atoms in total. The second kappa shape index (κ2) is 14.6. The highest BCUT2D eigenvalue weighted by atomic mass is 16.5. The first-order valence-electron chi connectivity index (χ1n) is 11.1. The quantitative estimate of drug-likeness (QED) is 0.151. The standard InChI is InChI=1S/C28H31NO5/c1-31-18-17-27(33-20-24-13-7-3-8-14-24)28(34-21-25-15-9-4-10-16-25)26(29-30)22-32-19-23-11-5-2-6-12-23/h2-18,27-28,30H,19-22H2,1H3/b18-17-,29-26-/t27-,28+/m1/s1. The smallest absolute Gasteiger partial charge is 0.131 e. The van der Waals surface area contributed by atoms with Crippen molar-refractivity contribution in [1.82, 2.24) is 0 Å². The number of hydrogen-bond donors (Lipinski definition) is 1. The molecule has 34 heavy (non-hydrogen) atoms. The van der Waals surface area contributed by atoms with Crippen LogP contribution in [-0.4, -0.2) is 36.8 Å². The van der Waals surface area contributed by atoms with Crippen molar-refractivity contribution in [1.29, 1.82) is 0 Å². The Morgan fingerprint density at radius 1 is 0.765 bits per heavy atom. The van der Waals surface area contributed by atoms with Crippen LogP contribution in [0.5, 0.6) is 0 Å². The largest absolute Gasteiger partial charge is 0.505 e. The van der Waals surface area contributed by atoms with E-state index in [-0.39, 0.29) is 6.61 Å². The Balaban J connectivity index is 1.75. The molecule has 1 N–H and O–H groups in total. The summed E-state index contributed by atoms with van der Waals surface area (Å²) >= 11 is 0. The summed E-state index contributed by atoms with van der Waals surface area (Å²) < 4.78 is 23.4. The minimum absolute atomic E-state index is 0.0802. The maximum absolute atomic E-state index is 9.87. The van der Waals surface area contributed by atoms with E-state index in [1.54, 1.807) is 13.2 Å². The number of hydrogen-bond acceptors (Lipinski definition) is 6. The fraction of sp³-hybridized carbons (Fsp3) is 0.250. The van der Waals surface area contributed by atoms with Gasteiger partial charge in [0.25, 0.3) is 0 Å². The zero-order valence-corrected chi connectivity index (χ0v) is 19.3. The number of benzene rings is 3. The van der Waals surface area contributed by atoms with Crippen LogP contribution in [0.2, 0.25) is 0 Å². The van der Waals surface area contributed by atoms with Gasteiger partial charge in [0.2, 0.25) is 0 Å². The number of rotatable bonds is 14. The van der Waals surface area contributed by atoms with E-state index in [1.165, 1.54) is 6.26 Å². The normalized spacial score (nSPS) is 13.6. The van der Waals surface area contributed by atoms with Crippen molar-refractivity contribution in [3.05, 3.63) is 120 Å². The van der Waals surface area contributed by atoms with Gasteiger partial charge in [-0.2, -0.15) is 0 Å². The van der Waals surface area contributed by atoms with Gasteiger partial charge in [0.05, 0.1) is 39.8 Å². The first-order valence-corrected chi connectivity index (χ1v) is 11.1.